The Labute approximate surface area is 105 Å². The van der Waals surface area contributed by atoms with Gasteiger partial charge in [0.15, 0.2) is 0 Å². The van der Waals surface area contributed by atoms with Crippen molar-refractivity contribution in [2.45, 2.75) is 25.7 Å². The minimum Gasteiger partial charge on any atom is -0.213 e. The van der Waals surface area contributed by atoms with Crippen molar-refractivity contribution in [1.82, 2.24) is 9.19 Å². The third-order valence-corrected chi connectivity index (χ3v) is 3.54. The molecule has 2 aromatic rings. The molecular weight excluding hydrogens is 235 g/mol. The molecule has 0 N–H and O–H groups in total. The van der Waals surface area contributed by atoms with Crippen LogP contribution in [0, 0.1) is 12.7 Å². The van der Waals surface area contributed by atoms with Gasteiger partial charge in [0.2, 0.25) is 0 Å². The van der Waals surface area contributed by atoms with Gasteiger partial charge in [-0.2, -0.15) is 5.10 Å². The van der Waals surface area contributed by atoms with E-state index in [0.717, 1.165) is 16.8 Å². The molecule has 1 aliphatic rings. The molecule has 1 aliphatic carbocycles. The van der Waals surface area contributed by atoms with Crippen LogP contribution in [-0.2, 0) is 0 Å². The Balaban J connectivity index is 2.08. The highest BCUT2D eigenvalue weighted by atomic mass is 32.1. The molecule has 1 aromatic heterocycles. The topological polar surface area (TPSA) is 17.8 Å². The molecule has 3 rings (SSSR count). The molecule has 4 heteroatoms. The zero-order valence-corrected chi connectivity index (χ0v) is 10.4. The number of hydrogen-bond donors (Lipinski definition) is 1. The van der Waals surface area contributed by atoms with E-state index in [0.29, 0.717) is 5.92 Å². The van der Waals surface area contributed by atoms with Crippen LogP contribution in [0.4, 0.5) is 4.39 Å². The molecule has 0 atom stereocenters. The summed E-state index contributed by atoms with van der Waals surface area (Å²) in [6.45, 7) is 2.06. The van der Waals surface area contributed by atoms with Crippen LogP contribution in [-0.4, -0.2) is 9.19 Å². The van der Waals surface area contributed by atoms with E-state index >= 15 is 0 Å². The minimum absolute atomic E-state index is 0.223. The fourth-order valence-electron chi connectivity index (χ4n) is 2.20. The van der Waals surface area contributed by atoms with Gasteiger partial charge in [0.1, 0.15) is 5.82 Å². The van der Waals surface area contributed by atoms with Crippen molar-refractivity contribution >= 4 is 12.8 Å². The second-order valence-corrected chi connectivity index (χ2v) is 4.91. The molecule has 1 fully saturated rings. The van der Waals surface area contributed by atoms with E-state index in [1.807, 2.05) is 0 Å². The van der Waals surface area contributed by atoms with Gasteiger partial charge < -0.3 is 0 Å². The van der Waals surface area contributed by atoms with E-state index < -0.39 is 0 Å². The second kappa shape index (κ2) is 3.88. The number of halogens is 1. The van der Waals surface area contributed by atoms with Crippen LogP contribution in [0.2, 0.25) is 0 Å². The Bertz CT molecular complexity index is 556. The molecular formula is C13H13FN2S. The number of hydrogen-bond acceptors (Lipinski definition) is 2. The molecule has 1 heterocycles. The highest BCUT2D eigenvalue weighted by Gasteiger charge is 2.30. The lowest BCUT2D eigenvalue weighted by Crippen LogP contribution is -1.90. The maximum Gasteiger partial charge on any atom is 0.123 e. The van der Waals surface area contributed by atoms with Crippen molar-refractivity contribution in [3.05, 3.63) is 41.3 Å². The first-order valence-corrected chi connectivity index (χ1v) is 6.11. The van der Waals surface area contributed by atoms with Gasteiger partial charge in [-0.25, -0.2) is 8.48 Å². The predicted molar refractivity (Wildman–Crippen MR) is 68.7 cm³/mol. The Kier molecular flexibility index (Phi) is 2.47. The van der Waals surface area contributed by atoms with Gasteiger partial charge in [-0.05, 0) is 62.4 Å². The van der Waals surface area contributed by atoms with Crippen LogP contribution >= 0.6 is 12.8 Å². The lowest BCUT2D eigenvalue weighted by molar-refractivity contribution is 0.628. The summed E-state index contributed by atoms with van der Waals surface area (Å²) >= 11 is 4.37. The summed E-state index contributed by atoms with van der Waals surface area (Å²) in [4.78, 5) is 0. The van der Waals surface area contributed by atoms with Crippen molar-refractivity contribution in [3.63, 3.8) is 0 Å². The first-order chi connectivity index (χ1) is 8.16. The lowest BCUT2D eigenvalue weighted by atomic mass is 10.1. The fourth-order valence-corrected chi connectivity index (χ4v) is 2.61. The molecule has 0 spiro atoms. The third kappa shape index (κ3) is 1.86. The standard InChI is InChI=1S/C13H13FN2S/c1-8-12(9-4-6-11(14)7-5-9)15-16(17)13(8)10-2-3-10/h4-7,10,17H,2-3H2,1H3. The van der Waals surface area contributed by atoms with E-state index in [1.54, 1.807) is 16.2 Å². The van der Waals surface area contributed by atoms with Crippen LogP contribution in [0.25, 0.3) is 11.3 Å². The summed E-state index contributed by atoms with van der Waals surface area (Å²) in [6.07, 6.45) is 2.44. The van der Waals surface area contributed by atoms with Crippen LogP contribution in [0.5, 0.6) is 0 Å². The molecule has 2 nitrogen and oxygen atoms in total. The molecule has 88 valence electrons. The van der Waals surface area contributed by atoms with Crippen LogP contribution in [0.15, 0.2) is 24.3 Å². The van der Waals surface area contributed by atoms with Crippen LogP contribution < -0.4 is 0 Å². The molecule has 0 bridgehead atoms. The van der Waals surface area contributed by atoms with E-state index in [2.05, 4.69) is 24.8 Å². The molecule has 0 amide bonds. The quantitative estimate of drug-likeness (QED) is 0.804. The minimum atomic E-state index is -0.223. The molecule has 0 saturated heterocycles. The number of nitrogens with zero attached hydrogens (tertiary/aromatic N) is 2. The van der Waals surface area contributed by atoms with Crippen molar-refractivity contribution < 1.29 is 4.39 Å². The monoisotopic (exact) mass is 248 g/mol. The van der Waals surface area contributed by atoms with Gasteiger partial charge in [0.05, 0.1) is 11.4 Å². The van der Waals surface area contributed by atoms with Gasteiger partial charge in [-0.15, -0.1) is 0 Å². The molecule has 0 unspecified atom stereocenters. The lowest BCUT2D eigenvalue weighted by Gasteiger charge is -1.99. The molecule has 17 heavy (non-hydrogen) atoms. The fraction of sp³-hybridized carbons (Fsp3) is 0.308. The van der Waals surface area contributed by atoms with E-state index in [1.165, 1.54) is 30.7 Å². The average molecular weight is 248 g/mol. The van der Waals surface area contributed by atoms with Crippen molar-refractivity contribution in [3.8, 4) is 11.3 Å². The van der Waals surface area contributed by atoms with E-state index in [-0.39, 0.29) is 5.82 Å². The van der Waals surface area contributed by atoms with Gasteiger partial charge in [0, 0.05) is 11.5 Å². The summed E-state index contributed by atoms with van der Waals surface area (Å²) in [7, 11) is 0. The largest absolute Gasteiger partial charge is 0.213 e. The number of rotatable bonds is 2. The summed E-state index contributed by atoms with van der Waals surface area (Å²) in [5, 5.41) is 4.43. The number of thiol groups is 1. The first kappa shape index (κ1) is 10.8. The Morgan fingerprint density at radius 2 is 1.94 bits per heavy atom. The number of benzene rings is 1. The average Bonchev–Trinajstić information content (AvgIpc) is 3.08. The summed E-state index contributed by atoms with van der Waals surface area (Å²) in [5.74, 6) is 0.383. The summed E-state index contributed by atoms with van der Waals surface area (Å²) in [5.41, 5.74) is 4.21. The Hall–Kier alpha value is -1.29. The highest BCUT2D eigenvalue weighted by Crippen LogP contribution is 2.43. The molecule has 0 aliphatic heterocycles. The highest BCUT2D eigenvalue weighted by molar-refractivity contribution is 7.78. The SMILES string of the molecule is Cc1c(-c2ccc(F)cc2)nn(S)c1C1CC1. The normalized spacial score (nSPS) is 15.2. The van der Waals surface area contributed by atoms with E-state index in [9.17, 15) is 4.39 Å². The zero-order valence-electron chi connectivity index (χ0n) is 9.52. The summed E-state index contributed by atoms with van der Waals surface area (Å²) in [6, 6.07) is 6.44. The smallest absolute Gasteiger partial charge is 0.123 e. The second-order valence-electron chi connectivity index (χ2n) is 4.53. The summed E-state index contributed by atoms with van der Waals surface area (Å²) < 4.78 is 14.6. The van der Waals surface area contributed by atoms with Gasteiger partial charge >= 0.3 is 0 Å². The molecule has 0 radical (unpaired) electrons. The van der Waals surface area contributed by atoms with Crippen molar-refractivity contribution in [1.29, 1.82) is 0 Å². The Morgan fingerprint density at radius 3 is 2.53 bits per heavy atom. The molecule has 1 aromatic carbocycles. The van der Waals surface area contributed by atoms with Gasteiger partial charge in [-0.3, -0.25) is 0 Å². The third-order valence-electron chi connectivity index (χ3n) is 3.23. The van der Waals surface area contributed by atoms with Gasteiger partial charge in [-0.1, -0.05) is 0 Å². The zero-order chi connectivity index (χ0) is 12.0. The van der Waals surface area contributed by atoms with Crippen LogP contribution in [0.1, 0.15) is 30.0 Å². The maximum atomic E-state index is 12.9. The molecule has 1 saturated carbocycles. The maximum absolute atomic E-state index is 12.9. The van der Waals surface area contributed by atoms with Crippen LogP contribution in [0.3, 0.4) is 0 Å². The van der Waals surface area contributed by atoms with Crippen molar-refractivity contribution in [2.24, 2.45) is 0 Å². The Morgan fingerprint density at radius 1 is 1.29 bits per heavy atom. The number of aromatic nitrogens is 2. The van der Waals surface area contributed by atoms with Crippen molar-refractivity contribution in [2.75, 3.05) is 0 Å². The van der Waals surface area contributed by atoms with E-state index in [4.69, 9.17) is 0 Å². The first-order valence-electron chi connectivity index (χ1n) is 5.71. The predicted octanol–water partition coefficient (Wildman–Crippen LogP) is 3.57. The van der Waals surface area contributed by atoms with Gasteiger partial charge in [0.25, 0.3) is 0 Å².